The first-order chi connectivity index (χ1) is 12.1. The number of rotatable bonds is 5. The highest BCUT2D eigenvalue weighted by molar-refractivity contribution is 5.99. The summed E-state index contributed by atoms with van der Waals surface area (Å²) < 4.78 is 17.8. The van der Waals surface area contributed by atoms with Crippen LogP contribution >= 0.6 is 0 Å². The largest absolute Gasteiger partial charge is 0.454 e. The van der Waals surface area contributed by atoms with Gasteiger partial charge < -0.3 is 4.74 Å². The molecule has 0 fully saturated rings. The van der Waals surface area contributed by atoms with E-state index in [1.165, 1.54) is 30.3 Å². The number of Topliss-reactive ketones (excluding diaryl/α,β-unsaturated/α-hetero) is 1. The summed E-state index contributed by atoms with van der Waals surface area (Å²) in [5, 5.41) is 0.963. The zero-order valence-electron chi connectivity index (χ0n) is 13.2. The highest BCUT2D eigenvalue weighted by atomic mass is 19.1. The third-order valence-electron chi connectivity index (χ3n) is 3.57. The van der Waals surface area contributed by atoms with Crippen LogP contribution in [0, 0.1) is 5.82 Å². The standard InChI is InChI=1S/C20H14FNO3/c21-17-9-6-14(7-10-17)18(23)13-25-19(24)11-8-16-4-1-3-15-5-2-12-22-20(15)16/h1-12H,13H2/b11-8+. The number of carbonyl (C=O) groups is 2. The van der Waals surface area contributed by atoms with Gasteiger partial charge >= 0.3 is 5.97 Å². The van der Waals surface area contributed by atoms with Crippen molar-refractivity contribution < 1.29 is 18.7 Å². The number of hydrogen-bond acceptors (Lipinski definition) is 4. The van der Waals surface area contributed by atoms with E-state index < -0.39 is 24.2 Å². The van der Waals surface area contributed by atoms with Crippen LogP contribution in [0.3, 0.4) is 0 Å². The zero-order chi connectivity index (χ0) is 17.6. The molecule has 3 aromatic rings. The van der Waals surface area contributed by atoms with Crippen LogP contribution in [0.1, 0.15) is 15.9 Å². The van der Waals surface area contributed by atoms with Gasteiger partial charge in [0, 0.05) is 28.8 Å². The molecule has 0 aliphatic carbocycles. The number of nitrogens with zero attached hydrogens (tertiary/aromatic N) is 1. The molecule has 0 radical (unpaired) electrons. The van der Waals surface area contributed by atoms with Gasteiger partial charge in [-0.3, -0.25) is 9.78 Å². The minimum atomic E-state index is -0.636. The van der Waals surface area contributed by atoms with Crippen LogP contribution in [0.5, 0.6) is 0 Å². The minimum absolute atomic E-state index is 0.288. The maximum Gasteiger partial charge on any atom is 0.331 e. The number of ether oxygens (including phenoxy) is 1. The number of pyridine rings is 1. The number of para-hydroxylation sites is 1. The van der Waals surface area contributed by atoms with Gasteiger partial charge in [-0.2, -0.15) is 0 Å². The van der Waals surface area contributed by atoms with Crippen molar-refractivity contribution in [3.05, 3.63) is 83.8 Å². The summed E-state index contributed by atoms with van der Waals surface area (Å²) in [6, 6.07) is 14.5. The average Bonchev–Trinajstić information content (AvgIpc) is 2.65. The molecular formula is C20H14FNO3. The van der Waals surface area contributed by atoms with Gasteiger partial charge in [-0.05, 0) is 36.4 Å². The molecular weight excluding hydrogens is 321 g/mol. The number of ketones is 1. The Labute approximate surface area is 143 Å². The SMILES string of the molecule is O=C(/C=C/c1cccc2cccnc12)OCC(=O)c1ccc(F)cc1. The van der Waals surface area contributed by atoms with Crippen LogP contribution in [-0.2, 0) is 9.53 Å². The lowest BCUT2D eigenvalue weighted by Gasteiger charge is -2.03. The van der Waals surface area contributed by atoms with Crippen molar-refractivity contribution in [3.8, 4) is 0 Å². The summed E-state index contributed by atoms with van der Waals surface area (Å²) in [7, 11) is 0. The summed E-state index contributed by atoms with van der Waals surface area (Å²) in [5.41, 5.74) is 1.84. The Balaban J connectivity index is 1.63. The number of esters is 1. The van der Waals surface area contributed by atoms with Gasteiger partial charge in [0.1, 0.15) is 5.82 Å². The molecule has 0 amide bonds. The Morgan fingerprint density at radius 3 is 2.60 bits per heavy atom. The van der Waals surface area contributed by atoms with Crippen molar-refractivity contribution in [3.63, 3.8) is 0 Å². The van der Waals surface area contributed by atoms with Crippen LogP contribution < -0.4 is 0 Å². The Bertz CT molecular complexity index is 943. The number of aromatic nitrogens is 1. The van der Waals surface area contributed by atoms with Crippen molar-refractivity contribution in [2.75, 3.05) is 6.61 Å². The fourth-order valence-corrected chi connectivity index (χ4v) is 2.32. The molecule has 5 heteroatoms. The molecule has 3 rings (SSSR count). The second kappa shape index (κ2) is 7.49. The van der Waals surface area contributed by atoms with E-state index in [0.717, 1.165) is 16.5 Å². The van der Waals surface area contributed by atoms with Gasteiger partial charge in [-0.1, -0.05) is 24.3 Å². The summed E-state index contributed by atoms with van der Waals surface area (Å²) in [6.45, 7) is -0.400. The average molecular weight is 335 g/mol. The van der Waals surface area contributed by atoms with Crippen molar-refractivity contribution in [1.82, 2.24) is 4.98 Å². The third kappa shape index (κ3) is 4.14. The van der Waals surface area contributed by atoms with Crippen molar-refractivity contribution in [2.45, 2.75) is 0 Å². The molecule has 1 heterocycles. The smallest absolute Gasteiger partial charge is 0.331 e. The number of hydrogen-bond donors (Lipinski definition) is 0. The lowest BCUT2D eigenvalue weighted by atomic mass is 10.1. The number of fused-ring (bicyclic) bond motifs is 1. The third-order valence-corrected chi connectivity index (χ3v) is 3.57. The molecule has 0 N–H and O–H groups in total. The fraction of sp³-hybridized carbons (Fsp3) is 0.0500. The van der Waals surface area contributed by atoms with Gasteiger partial charge in [0.2, 0.25) is 0 Å². The van der Waals surface area contributed by atoms with E-state index >= 15 is 0 Å². The van der Waals surface area contributed by atoms with E-state index in [0.29, 0.717) is 0 Å². The van der Waals surface area contributed by atoms with Crippen LogP contribution in [0.4, 0.5) is 4.39 Å². The lowest BCUT2D eigenvalue weighted by Crippen LogP contribution is -2.12. The first-order valence-corrected chi connectivity index (χ1v) is 7.61. The molecule has 25 heavy (non-hydrogen) atoms. The second-order valence-corrected chi connectivity index (χ2v) is 5.29. The van der Waals surface area contributed by atoms with Crippen LogP contribution in [-0.4, -0.2) is 23.3 Å². The van der Waals surface area contributed by atoms with Crippen LogP contribution in [0.2, 0.25) is 0 Å². The van der Waals surface area contributed by atoms with E-state index in [2.05, 4.69) is 4.98 Å². The maximum absolute atomic E-state index is 12.8. The van der Waals surface area contributed by atoms with Gasteiger partial charge in [-0.15, -0.1) is 0 Å². The minimum Gasteiger partial charge on any atom is -0.454 e. The summed E-state index contributed by atoms with van der Waals surface area (Å²) in [4.78, 5) is 28.0. The highest BCUT2D eigenvalue weighted by Gasteiger charge is 2.08. The topological polar surface area (TPSA) is 56.3 Å². The Morgan fingerprint density at radius 2 is 1.80 bits per heavy atom. The monoisotopic (exact) mass is 335 g/mol. The van der Waals surface area contributed by atoms with Gasteiger partial charge in [0.05, 0.1) is 5.52 Å². The summed E-state index contributed by atoms with van der Waals surface area (Å²) >= 11 is 0. The number of benzene rings is 2. The molecule has 0 spiro atoms. The Morgan fingerprint density at radius 1 is 1.04 bits per heavy atom. The van der Waals surface area contributed by atoms with E-state index in [1.807, 2.05) is 30.3 Å². The molecule has 0 bridgehead atoms. The molecule has 0 aliphatic heterocycles. The normalized spacial score (nSPS) is 10.9. The van der Waals surface area contributed by atoms with Gasteiger partial charge in [-0.25, -0.2) is 9.18 Å². The fourth-order valence-electron chi connectivity index (χ4n) is 2.32. The lowest BCUT2D eigenvalue weighted by molar-refractivity contribution is -0.136. The number of carbonyl (C=O) groups excluding carboxylic acids is 2. The predicted octanol–water partition coefficient (Wildman–Crippen LogP) is 3.81. The van der Waals surface area contributed by atoms with Crippen LogP contribution in [0.25, 0.3) is 17.0 Å². The Kier molecular flexibility index (Phi) is 4.95. The predicted molar refractivity (Wildman–Crippen MR) is 92.5 cm³/mol. The van der Waals surface area contributed by atoms with Crippen molar-refractivity contribution >= 4 is 28.7 Å². The first-order valence-electron chi connectivity index (χ1n) is 7.61. The number of halogens is 1. The van der Waals surface area contributed by atoms with E-state index in [-0.39, 0.29) is 5.56 Å². The van der Waals surface area contributed by atoms with Crippen molar-refractivity contribution in [1.29, 1.82) is 0 Å². The molecule has 0 saturated heterocycles. The van der Waals surface area contributed by atoms with E-state index in [1.54, 1.807) is 12.3 Å². The van der Waals surface area contributed by atoms with Gasteiger partial charge in [0.25, 0.3) is 0 Å². The van der Waals surface area contributed by atoms with Crippen molar-refractivity contribution in [2.24, 2.45) is 0 Å². The van der Waals surface area contributed by atoms with Gasteiger partial charge in [0.15, 0.2) is 12.4 Å². The second-order valence-electron chi connectivity index (χ2n) is 5.29. The van der Waals surface area contributed by atoms with Crippen LogP contribution in [0.15, 0.2) is 66.9 Å². The maximum atomic E-state index is 12.8. The molecule has 0 unspecified atom stereocenters. The molecule has 0 aliphatic rings. The quantitative estimate of drug-likeness (QED) is 0.404. The molecule has 1 aromatic heterocycles. The first kappa shape index (κ1) is 16.5. The zero-order valence-corrected chi connectivity index (χ0v) is 13.2. The molecule has 0 saturated carbocycles. The highest BCUT2D eigenvalue weighted by Crippen LogP contribution is 2.17. The molecule has 124 valence electrons. The van der Waals surface area contributed by atoms with E-state index in [9.17, 15) is 14.0 Å². The summed E-state index contributed by atoms with van der Waals surface area (Å²) in [5.74, 6) is -1.46. The molecule has 0 atom stereocenters. The van der Waals surface area contributed by atoms with E-state index in [4.69, 9.17) is 4.74 Å². The molecule has 2 aromatic carbocycles. The Hall–Kier alpha value is -3.34. The molecule has 4 nitrogen and oxygen atoms in total. The summed E-state index contributed by atoms with van der Waals surface area (Å²) in [6.07, 6.45) is 4.53.